The van der Waals surface area contributed by atoms with Gasteiger partial charge in [0, 0.05) is 11.8 Å². The molecule has 1 aliphatic rings. The number of hydrogen-bond donors (Lipinski definition) is 3. The number of benzene rings is 2. The second kappa shape index (κ2) is 6.90. The molecular formula is C18H20N2O5. The lowest BCUT2D eigenvalue weighted by molar-refractivity contribution is 0.0597. The molecule has 2 aromatic carbocycles. The van der Waals surface area contributed by atoms with E-state index < -0.39 is 11.6 Å². The molecule has 2 aromatic rings. The molecule has 7 nitrogen and oxygen atoms in total. The van der Waals surface area contributed by atoms with Crippen LogP contribution >= 0.6 is 0 Å². The predicted octanol–water partition coefficient (Wildman–Crippen LogP) is 2.45. The van der Waals surface area contributed by atoms with Gasteiger partial charge in [0.05, 0.1) is 13.7 Å². The van der Waals surface area contributed by atoms with E-state index in [1.54, 1.807) is 56.5 Å². The van der Waals surface area contributed by atoms with Gasteiger partial charge in [-0.05, 0) is 36.8 Å². The minimum atomic E-state index is -1.26. The third kappa shape index (κ3) is 3.95. The second-order valence-electron chi connectivity index (χ2n) is 5.88. The number of amides is 2. The number of methoxy groups -OCH3 is 1. The Labute approximate surface area is 145 Å². The van der Waals surface area contributed by atoms with Crippen molar-refractivity contribution in [1.82, 2.24) is 5.32 Å². The average Bonchev–Trinajstić information content (AvgIpc) is 3.08. The maximum absolute atomic E-state index is 12.1. The van der Waals surface area contributed by atoms with Crippen molar-refractivity contribution in [3.8, 4) is 17.2 Å². The second-order valence-corrected chi connectivity index (χ2v) is 5.88. The Hall–Kier alpha value is -2.93. The molecule has 0 fully saturated rings. The third-order valence-electron chi connectivity index (χ3n) is 3.92. The van der Waals surface area contributed by atoms with Gasteiger partial charge in [-0.2, -0.15) is 0 Å². The van der Waals surface area contributed by atoms with E-state index >= 15 is 0 Å². The lowest BCUT2D eigenvalue weighted by Crippen LogP contribution is -2.40. The lowest BCUT2D eigenvalue weighted by atomic mass is 9.95. The minimum Gasteiger partial charge on any atom is -0.497 e. The fourth-order valence-corrected chi connectivity index (χ4v) is 2.46. The Bertz CT molecular complexity index is 776. The Kier molecular flexibility index (Phi) is 4.67. The first-order valence-corrected chi connectivity index (χ1v) is 7.79. The third-order valence-corrected chi connectivity index (χ3v) is 3.92. The monoisotopic (exact) mass is 344 g/mol. The number of hydrogen-bond acceptors (Lipinski definition) is 5. The van der Waals surface area contributed by atoms with Gasteiger partial charge < -0.3 is 30.0 Å². The van der Waals surface area contributed by atoms with E-state index in [4.69, 9.17) is 14.2 Å². The molecule has 0 saturated carbocycles. The molecule has 2 amide bonds. The van der Waals surface area contributed by atoms with Crippen molar-refractivity contribution in [2.24, 2.45) is 0 Å². The summed E-state index contributed by atoms with van der Waals surface area (Å²) in [5, 5.41) is 16.0. The van der Waals surface area contributed by atoms with Crippen molar-refractivity contribution >= 4 is 11.7 Å². The largest absolute Gasteiger partial charge is 0.497 e. The van der Waals surface area contributed by atoms with Gasteiger partial charge in [-0.1, -0.05) is 12.1 Å². The first-order chi connectivity index (χ1) is 12.0. The minimum absolute atomic E-state index is 0.0302. The maximum atomic E-state index is 12.1. The summed E-state index contributed by atoms with van der Waals surface area (Å²) in [5.74, 6) is 1.87. The van der Waals surface area contributed by atoms with Crippen LogP contribution in [0.25, 0.3) is 0 Å². The van der Waals surface area contributed by atoms with Crippen molar-refractivity contribution in [2.45, 2.75) is 12.5 Å². The number of carbonyl (C=O) groups excluding carboxylic acids is 1. The fourth-order valence-electron chi connectivity index (χ4n) is 2.46. The molecule has 132 valence electrons. The number of rotatable bonds is 5. The Morgan fingerprint density at radius 2 is 2.04 bits per heavy atom. The summed E-state index contributed by atoms with van der Waals surface area (Å²) in [5.41, 5.74) is -0.0369. The van der Waals surface area contributed by atoms with Crippen molar-refractivity contribution in [2.75, 3.05) is 25.8 Å². The van der Waals surface area contributed by atoms with Crippen LogP contribution in [0.2, 0.25) is 0 Å². The van der Waals surface area contributed by atoms with Gasteiger partial charge in [0.25, 0.3) is 0 Å². The molecule has 1 aliphatic heterocycles. The number of carbonyl (C=O) groups is 1. The maximum Gasteiger partial charge on any atom is 0.319 e. The summed E-state index contributed by atoms with van der Waals surface area (Å²) in [6.45, 7) is 1.82. The highest BCUT2D eigenvalue weighted by molar-refractivity contribution is 5.89. The normalized spacial score (nSPS) is 14.5. The highest BCUT2D eigenvalue weighted by Gasteiger charge is 2.26. The molecule has 1 heterocycles. The summed E-state index contributed by atoms with van der Waals surface area (Å²) in [6, 6.07) is 11.8. The summed E-state index contributed by atoms with van der Waals surface area (Å²) >= 11 is 0. The molecule has 1 atom stereocenters. The zero-order valence-electron chi connectivity index (χ0n) is 14.0. The van der Waals surface area contributed by atoms with Crippen molar-refractivity contribution < 1.29 is 24.1 Å². The summed E-state index contributed by atoms with van der Waals surface area (Å²) in [4.78, 5) is 12.1. The Morgan fingerprint density at radius 3 is 2.84 bits per heavy atom. The van der Waals surface area contributed by atoms with E-state index in [1.807, 2.05) is 0 Å². The van der Waals surface area contributed by atoms with Gasteiger partial charge >= 0.3 is 6.03 Å². The van der Waals surface area contributed by atoms with Gasteiger partial charge in [-0.3, -0.25) is 0 Å². The van der Waals surface area contributed by atoms with E-state index in [0.29, 0.717) is 28.5 Å². The number of ether oxygens (including phenoxy) is 3. The quantitative estimate of drug-likeness (QED) is 0.775. The van der Waals surface area contributed by atoms with Crippen LogP contribution in [-0.4, -0.2) is 31.6 Å². The smallest absolute Gasteiger partial charge is 0.319 e. The summed E-state index contributed by atoms with van der Waals surface area (Å²) in [6.07, 6.45) is 0. The van der Waals surface area contributed by atoms with E-state index in [1.165, 1.54) is 0 Å². The fraction of sp³-hybridized carbons (Fsp3) is 0.278. The molecule has 0 bridgehead atoms. The van der Waals surface area contributed by atoms with Gasteiger partial charge in [0.2, 0.25) is 6.79 Å². The van der Waals surface area contributed by atoms with E-state index in [0.717, 1.165) is 0 Å². The van der Waals surface area contributed by atoms with Gasteiger partial charge in [0.15, 0.2) is 11.5 Å². The predicted molar refractivity (Wildman–Crippen MR) is 92.2 cm³/mol. The molecule has 0 spiro atoms. The van der Waals surface area contributed by atoms with Crippen LogP contribution in [-0.2, 0) is 5.60 Å². The Morgan fingerprint density at radius 1 is 1.24 bits per heavy atom. The number of nitrogens with one attached hydrogen (secondary N) is 2. The summed E-state index contributed by atoms with van der Waals surface area (Å²) in [7, 11) is 1.56. The molecule has 0 aromatic heterocycles. The molecule has 1 unspecified atom stereocenters. The number of anilines is 1. The van der Waals surface area contributed by atoms with Crippen molar-refractivity contribution in [1.29, 1.82) is 0 Å². The van der Waals surface area contributed by atoms with Crippen LogP contribution in [0.15, 0.2) is 42.5 Å². The molecule has 0 aliphatic carbocycles. The van der Waals surface area contributed by atoms with E-state index in [9.17, 15) is 9.90 Å². The topological polar surface area (TPSA) is 89.1 Å². The number of urea groups is 1. The van der Waals surface area contributed by atoms with Crippen molar-refractivity contribution in [3.05, 3.63) is 48.0 Å². The van der Waals surface area contributed by atoms with Crippen LogP contribution in [0, 0.1) is 0 Å². The van der Waals surface area contributed by atoms with Crippen molar-refractivity contribution in [3.63, 3.8) is 0 Å². The average molecular weight is 344 g/mol. The number of aliphatic hydroxyl groups is 1. The zero-order chi connectivity index (χ0) is 17.9. The molecule has 0 saturated heterocycles. The van der Waals surface area contributed by atoms with Gasteiger partial charge in [0.1, 0.15) is 11.4 Å². The molecule has 3 rings (SSSR count). The molecule has 7 heteroatoms. The van der Waals surface area contributed by atoms with Crippen LogP contribution in [0.3, 0.4) is 0 Å². The van der Waals surface area contributed by atoms with Crippen LogP contribution in [0.5, 0.6) is 17.2 Å². The van der Waals surface area contributed by atoms with Crippen LogP contribution in [0.1, 0.15) is 12.5 Å². The van der Waals surface area contributed by atoms with E-state index in [-0.39, 0.29) is 13.3 Å². The first-order valence-electron chi connectivity index (χ1n) is 7.79. The molecule has 3 N–H and O–H groups in total. The highest BCUT2D eigenvalue weighted by Crippen LogP contribution is 2.35. The number of fused-ring (bicyclic) bond motifs is 1. The van der Waals surface area contributed by atoms with Crippen LogP contribution in [0.4, 0.5) is 10.5 Å². The van der Waals surface area contributed by atoms with Gasteiger partial charge in [-0.25, -0.2) is 4.79 Å². The standard InChI is InChI=1S/C18H20N2O5/c1-18(22,12-6-7-15-16(8-12)25-11-24-15)10-19-17(21)20-13-4-3-5-14(9-13)23-2/h3-9,22H,10-11H2,1-2H3,(H2,19,20,21). The molecule has 0 radical (unpaired) electrons. The lowest BCUT2D eigenvalue weighted by Gasteiger charge is -2.24. The Balaban J connectivity index is 1.60. The van der Waals surface area contributed by atoms with E-state index in [2.05, 4.69) is 10.6 Å². The summed E-state index contributed by atoms with van der Waals surface area (Å²) < 4.78 is 15.7. The zero-order valence-corrected chi connectivity index (χ0v) is 14.0. The molecule has 25 heavy (non-hydrogen) atoms. The first kappa shape index (κ1) is 16.9. The highest BCUT2D eigenvalue weighted by atomic mass is 16.7. The SMILES string of the molecule is COc1cccc(NC(=O)NCC(C)(O)c2ccc3c(c2)OCO3)c1. The molecular weight excluding hydrogens is 324 g/mol. The van der Waals surface area contributed by atoms with Crippen LogP contribution < -0.4 is 24.8 Å². The van der Waals surface area contributed by atoms with Gasteiger partial charge in [-0.15, -0.1) is 0 Å².